The monoisotopic (exact) mass is 306 g/mol. The summed E-state index contributed by atoms with van der Waals surface area (Å²) in [6.07, 6.45) is 0.933. The van der Waals surface area contributed by atoms with Crippen LogP contribution in [0.3, 0.4) is 0 Å². The highest BCUT2D eigenvalue weighted by molar-refractivity contribution is 5.77. The summed E-state index contributed by atoms with van der Waals surface area (Å²) in [4.78, 5) is 6.66. The van der Waals surface area contributed by atoms with Gasteiger partial charge in [0, 0.05) is 26.3 Å². The molecule has 0 spiro atoms. The topological polar surface area (TPSA) is 62.9 Å². The van der Waals surface area contributed by atoms with Crippen LogP contribution >= 0.6 is 0 Å². The predicted octanol–water partition coefficient (Wildman–Crippen LogP) is 1.97. The summed E-state index contributed by atoms with van der Waals surface area (Å²) in [5.41, 5.74) is 8.35. The fraction of sp³-hybridized carbons (Fsp3) is 0.588. The number of aliphatic imine (C=N–C) groups is 1. The van der Waals surface area contributed by atoms with Gasteiger partial charge in [0.05, 0.1) is 6.54 Å². The van der Waals surface area contributed by atoms with Gasteiger partial charge in [0.15, 0.2) is 5.96 Å². The van der Waals surface area contributed by atoms with Crippen LogP contribution in [0.4, 0.5) is 0 Å². The van der Waals surface area contributed by atoms with E-state index in [1.165, 1.54) is 11.1 Å². The highest BCUT2D eigenvalue weighted by atomic mass is 16.5. The number of guanidine groups is 1. The molecule has 124 valence electrons. The fourth-order valence-corrected chi connectivity index (χ4v) is 2.02. The number of nitrogens with zero attached hydrogens (tertiary/aromatic N) is 2. The Morgan fingerprint density at radius 1 is 1.32 bits per heavy atom. The van der Waals surface area contributed by atoms with Crippen molar-refractivity contribution in [2.45, 2.75) is 33.4 Å². The molecule has 0 saturated heterocycles. The number of rotatable bonds is 10. The molecule has 0 aliphatic rings. The van der Waals surface area contributed by atoms with Crippen molar-refractivity contribution in [1.29, 1.82) is 0 Å². The Balaban J connectivity index is 2.39. The minimum absolute atomic E-state index is 0.493. The van der Waals surface area contributed by atoms with Gasteiger partial charge in [-0.1, -0.05) is 31.2 Å². The molecule has 0 fully saturated rings. The second-order valence-electron chi connectivity index (χ2n) is 5.33. The van der Waals surface area contributed by atoms with E-state index in [0.717, 1.165) is 39.3 Å². The molecule has 3 N–H and O–H groups in total. The SMILES string of the molecule is CCOCCCNC(N)=NCc1cccc(CN(C)CC)c1. The summed E-state index contributed by atoms with van der Waals surface area (Å²) < 4.78 is 5.27. The maximum absolute atomic E-state index is 5.87. The van der Waals surface area contributed by atoms with Gasteiger partial charge in [0.1, 0.15) is 0 Å². The highest BCUT2D eigenvalue weighted by Crippen LogP contribution is 2.08. The van der Waals surface area contributed by atoms with Gasteiger partial charge in [-0.25, -0.2) is 4.99 Å². The molecular formula is C17H30N4O. The third-order valence-electron chi connectivity index (χ3n) is 3.39. The van der Waals surface area contributed by atoms with Gasteiger partial charge in [-0.2, -0.15) is 0 Å². The van der Waals surface area contributed by atoms with Crippen LogP contribution in [0.15, 0.2) is 29.3 Å². The summed E-state index contributed by atoms with van der Waals surface area (Å²) in [7, 11) is 2.12. The maximum atomic E-state index is 5.87. The van der Waals surface area contributed by atoms with Crippen LogP contribution in [0.5, 0.6) is 0 Å². The Labute approximate surface area is 134 Å². The van der Waals surface area contributed by atoms with Crippen LogP contribution in [-0.2, 0) is 17.8 Å². The van der Waals surface area contributed by atoms with Crippen LogP contribution in [-0.4, -0.2) is 44.2 Å². The van der Waals surface area contributed by atoms with Crippen molar-refractivity contribution >= 4 is 5.96 Å². The lowest BCUT2D eigenvalue weighted by Gasteiger charge is -2.14. The molecule has 0 unspecified atom stereocenters. The molecule has 0 amide bonds. The average Bonchev–Trinajstić information content (AvgIpc) is 2.53. The molecule has 0 aromatic heterocycles. The van der Waals surface area contributed by atoms with Crippen molar-refractivity contribution < 1.29 is 4.74 Å². The highest BCUT2D eigenvalue weighted by Gasteiger charge is 2.00. The van der Waals surface area contributed by atoms with Crippen LogP contribution in [0.25, 0.3) is 0 Å². The Morgan fingerprint density at radius 2 is 2.09 bits per heavy atom. The third kappa shape index (κ3) is 8.00. The molecule has 5 heteroatoms. The van der Waals surface area contributed by atoms with Crippen molar-refractivity contribution in [3.63, 3.8) is 0 Å². The second kappa shape index (κ2) is 11.0. The molecule has 0 aliphatic carbocycles. The van der Waals surface area contributed by atoms with Crippen LogP contribution in [0, 0.1) is 0 Å². The lowest BCUT2D eigenvalue weighted by Crippen LogP contribution is -2.32. The molecule has 0 heterocycles. The van der Waals surface area contributed by atoms with Gasteiger partial charge in [-0.3, -0.25) is 0 Å². The van der Waals surface area contributed by atoms with E-state index in [9.17, 15) is 0 Å². The smallest absolute Gasteiger partial charge is 0.188 e. The molecule has 1 aromatic rings. The third-order valence-corrected chi connectivity index (χ3v) is 3.39. The second-order valence-corrected chi connectivity index (χ2v) is 5.33. The van der Waals surface area contributed by atoms with Gasteiger partial charge in [-0.15, -0.1) is 0 Å². The first-order valence-corrected chi connectivity index (χ1v) is 8.03. The van der Waals surface area contributed by atoms with Crippen LogP contribution < -0.4 is 11.1 Å². The first kappa shape index (κ1) is 18.5. The van der Waals surface area contributed by atoms with E-state index >= 15 is 0 Å². The quantitative estimate of drug-likeness (QED) is 0.394. The minimum Gasteiger partial charge on any atom is -0.382 e. The zero-order chi connectivity index (χ0) is 16.2. The molecule has 1 aromatic carbocycles. The van der Waals surface area contributed by atoms with Crippen molar-refractivity contribution in [3.8, 4) is 0 Å². The number of nitrogens with two attached hydrogens (primary N) is 1. The molecule has 0 bridgehead atoms. The van der Waals surface area contributed by atoms with Crippen molar-refractivity contribution in [2.75, 3.05) is 33.4 Å². The normalized spacial score (nSPS) is 11.9. The first-order valence-electron chi connectivity index (χ1n) is 8.03. The Morgan fingerprint density at radius 3 is 2.82 bits per heavy atom. The summed E-state index contributed by atoms with van der Waals surface area (Å²) in [5, 5.41) is 3.11. The number of hydrogen-bond donors (Lipinski definition) is 2. The van der Waals surface area contributed by atoms with Crippen molar-refractivity contribution in [3.05, 3.63) is 35.4 Å². The minimum atomic E-state index is 0.493. The Bertz CT molecular complexity index is 448. The lowest BCUT2D eigenvalue weighted by atomic mass is 10.1. The first-order chi connectivity index (χ1) is 10.7. The molecule has 0 atom stereocenters. The van der Waals surface area contributed by atoms with Crippen molar-refractivity contribution in [1.82, 2.24) is 10.2 Å². The molecule has 0 radical (unpaired) electrons. The van der Waals surface area contributed by atoms with Gasteiger partial charge in [-0.05, 0) is 38.1 Å². The largest absolute Gasteiger partial charge is 0.382 e. The molecule has 1 rings (SSSR count). The Kier molecular flexibility index (Phi) is 9.26. The summed E-state index contributed by atoms with van der Waals surface area (Å²) in [5.74, 6) is 0.493. The van der Waals surface area contributed by atoms with Gasteiger partial charge in [0.2, 0.25) is 0 Å². The van der Waals surface area contributed by atoms with E-state index in [1.54, 1.807) is 0 Å². The molecule has 0 saturated carbocycles. The number of benzene rings is 1. The summed E-state index contributed by atoms with van der Waals surface area (Å²) >= 11 is 0. The number of ether oxygens (including phenoxy) is 1. The zero-order valence-corrected chi connectivity index (χ0v) is 14.1. The number of hydrogen-bond acceptors (Lipinski definition) is 3. The van der Waals surface area contributed by atoms with Crippen LogP contribution in [0.2, 0.25) is 0 Å². The van der Waals surface area contributed by atoms with Gasteiger partial charge < -0.3 is 20.7 Å². The van der Waals surface area contributed by atoms with Gasteiger partial charge >= 0.3 is 0 Å². The fourth-order valence-electron chi connectivity index (χ4n) is 2.02. The van der Waals surface area contributed by atoms with E-state index in [0.29, 0.717) is 12.5 Å². The average molecular weight is 306 g/mol. The molecular weight excluding hydrogens is 276 g/mol. The molecule has 22 heavy (non-hydrogen) atoms. The van der Waals surface area contributed by atoms with E-state index in [2.05, 4.69) is 53.4 Å². The van der Waals surface area contributed by atoms with Crippen molar-refractivity contribution in [2.24, 2.45) is 10.7 Å². The zero-order valence-electron chi connectivity index (χ0n) is 14.1. The predicted molar refractivity (Wildman–Crippen MR) is 92.9 cm³/mol. The van der Waals surface area contributed by atoms with Crippen LogP contribution in [0.1, 0.15) is 31.4 Å². The van der Waals surface area contributed by atoms with E-state index in [4.69, 9.17) is 10.5 Å². The molecule has 0 aliphatic heterocycles. The van der Waals surface area contributed by atoms with E-state index in [-0.39, 0.29) is 0 Å². The van der Waals surface area contributed by atoms with E-state index in [1.807, 2.05) is 6.92 Å². The summed E-state index contributed by atoms with van der Waals surface area (Å²) in [6.45, 7) is 9.06. The summed E-state index contributed by atoms with van der Waals surface area (Å²) in [6, 6.07) is 8.50. The maximum Gasteiger partial charge on any atom is 0.188 e. The molecule has 5 nitrogen and oxygen atoms in total. The van der Waals surface area contributed by atoms with Gasteiger partial charge in [0.25, 0.3) is 0 Å². The number of nitrogens with one attached hydrogen (secondary N) is 1. The lowest BCUT2D eigenvalue weighted by molar-refractivity contribution is 0.145. The Hall–Kier alpha value is -1.59. The standard InChI is InChI=1S/C17H30N4O/c1-4-21(3)14-16-9-6-8-15(12-16)13-20-17(18)19-10-7-11-22-5-2/h6,8-9,12H,4-5,7,10-11,13-14H2,1-3H3,(H3,18,19,20). The van der Waals surface area contributed by atoms with E-state index < -0.39 is 0 Å².